The van der Waals surface area contributed by atoms with Crippen LogP contribution in [0.4, 0.5) is 14.5 Å². The largest absolute Gasteiger partial charge is 0.505 e. The second kappa shape index (κ2) is 6.10. The summed E-state index contributed by atoms with van der Waals surface area (Å²) < 4.78 is 26.6. The van der Waals surface area contributed by atoms with Crippen LogP contribution in [-0.2, 0) is 0 Å². The van der Waals surface area contributed by atoms with Gasteiger partial charge in [0.15, 0.2) is 17.4 Å². The van der Waals surface area contributed by atoms with Gasteiger partial charge in [-0.2, -0.15) is 0 Å². The number of benzene rings is 1. The molecule has 90 valence electrons. The van der Waals surface area contributed by atoms with Gasteiger partial charge in [0.1, 0.15) is 0 Å². The smallest absolute Gasteiger partial charge is 0.174 e. The van der Waals surface area contributed by atoms with Crippen LogP contribution in [0.2, 0.25) is 0 Å². The molecule has 4 heteroatoms. The second-order valence-corrected chi connectivity index (χ2v) is 2.97. The van der Waals surface area contributed by atoms with Crippen LogP contribution >= 0.6 is 0 Å². The summed E-state index contributed by atoms with van der Waals surface area (Å²) in [4.78, 5) is 0. The van der Waals surface area contributed by atoms with E-state index >= 15 is 0 Å². The van der Waals surface area contributed by atoms with Crippen molar-refractivity contribution in [1.29, 1.82) is 0 Å². The average molecular weight is 229 g/mol. The first-order valence-corrected chi connectivity index (χ1v) is 5.03. The molecule has 0 atom stereocenters. The Bertz CT molecular complexity index is 389. The predicted octanol–water partition coefficient (Wildman–Crippen LogP) is 3.77. The Labute approximate surface area is 94.6 Å². The van der Waals surface area contributed by atoms with Gasteiger partial charge in [-0.1, -0.05) is 20.4 Å². The third-order valence-electron chi connectivity index (χ3n) is 1.87. The molecule has 0 aromatic heterocycles. The number of halogens is 2. The molecule has 1 aromatic carbocycles. The number of allylic oxidation sites excluding steroid dienone is 1. The average Bonchev–Trinajstić information content (AvgIpc) is 2.25. The van der Waals surface area contributed by atoms with Crippen LogP contribution in [0.5, 0.6) is 5.75 Å². The van der Waals surface area contributed by atoms with E-state index in [4.69, 9.17) is 5.11 Å². The zero-order valence-corrected chi connectivity index (χ0v) is 9.99. The lowest BCUT2D eigenvalue weighted by atomic mass is 10.0. The summed E-state index contributed by atoms with van der Waals surface area (Å²) in [6.45, 7) is 9.06. The molecule has 0 radical (unpaired) electrons. The highest BCUT2D eigenvalue weighted by Crippen LogP contribution is 2.33. The molecule has 0 unspecified atom stereocenters. The summed E-state index contributed by atoms with van der Waals surface area (Å²) in [7, 11) is 1.47. The molecule has 0 aliphatic rings. The van der Waals surface area contributed by atoms with Crippen molar-refractivity contribution < 1.29 is 13.9 Å². The van der Waals surface area contributed by atoms with Crippen molar-refractivity contribution in [3.63, 3.8) is 0 Å². The molecule has 16 heavy (non-hydrogen) atoms. The molecule has 0 bridgehead atoms. The number of anilines is 1. The minimum absolute atomic E-state index is 0.00722. The lowest BCUT2D eigenvalue weighted by molar-refractivity contribution is 0.426. The van der Waals surface area contributed by atoms with Crippen molar-refractivity contribution in [1.82, 2.24) is 0 Å². The van der Waals surface area contributed by atoms with Crippen LogP contribution in [0.1, 0.15) is 26.3 Å². The van der Waals surface area contributed by atoms with Crippen molar-refractivity contribution in [3.05, 3.63) is 29.8 Å². The number of phenolic OH excluding ortho intramolecular Hbond substituents is 1. The Kier molecular flexibility index (Phi) is 5.50. The molecule has 0 aliphatic heterocycles. The minimum Gasteiger partial charge on any atom is -0.505 e. The van der Waals surface area contributed by atoms with Crippen molar-refractivity contribution in [2.45, 2.75) is 20.8 Å². The Balaban J connectivity index is 0.00000106. The highest BCUT2D eigenvalue weighted by atomic mass is 19.1. The summed E-state index contributed by atoms with van der Waals surface area (Å²) >= 11 is 0. The quantitative estimate of drug-likeness (QED) is 0.756. The number of aromatic hydroxyl groups is 1. The first-order valence-electron chi connectivity index (χ1n) is 5.03. The lowest BCUT2D eigenvalue weighted by Crippen LogP contribution is -2.00. The molecule has 0 amide bonds. The molecular weight excluding hydrogens is 212 g/mol. The molecule has 2 N–H and O–H groups in total. The second-order valence-electron chi connectivity index (χ2n) is 2.97. The van der Waals surface area contributed by atoms with Gasteiger partial charge in [0.25, 0.3) is 0 Å². The third kappa shape index (κ3) is 2.72. The summed E-state index contributed by atoms with van der Waals surface area (Å²) in [5, 5.41) is 11.6. The number of rotatable bonds is 2. The molecule has 2 nitrogen and oxygen atoms in total. The van der Waals surface area contributed by atoms with Gasteiger partial charge in [-0.15, -0.1) is 0 Å². The van der Waals surface area contributed by atoms with Gasteiger partial charge >= 0.3 is 0 Å². The fraction of sp³-hybridized carbons (Fsp3) is 0.333. The number of phenols is 1. The number of hydrogen-bond acceptors (Lipinski definition) is 2. The molecule has 0 saturated heterocycles. The first-order chi connectivity index (χ1) is 7.49. The lowest BCUT2D eigenvalue weighted by Gasteiger charge is -2.12. The van der Waals surface area contributed by atoms with Gasteiger partial charge in [0.05, 0.1) is 5.69 Å². The van der Waals surface area contributed by atoms with Crippen LogP contribution in [0.15, 0.2) is 12.6 Å². The normalized spacial score (nSPS) is 9.12. The molecule has 0 heterocycles. The molecule has 0 spiro atoms. The summed E-state index contributed by atoms with van der Waals surface area (Å²) in [5.74, 6) is -2.27. The van der Waals surface area contributed by atoms with Gasteiger partial charge in [-0.3, -0.25) is 0 Å². The van der Waals surface area contributed by atoms with E-state index in [1.807, 2.05) is 13.8 Å². The minimum atomic E-state index is -0.858. The SMILES string of the molecule is C=C(C)c1c(F)c(O)cc(F)c1NC.CC. The van der Waals surface area contributed by atoms with Gasteiger partial charge in [0, 0.05) is 18.7 Å². The van der Waals surface area contributed by atoms with E-state index in [-0.39, 0.29) is 11.3 Å². The Morgan fingerprint density at radius 3 is 2.25 bits per heavy atom. The van der Waals surface area contributed by atoms with Crippen LogP contribution in [-0.4, -0.2) is 12.2 Å². The van der Waals surface area contributed by atoms with E-state index in [0.29, 0.717) is 5.57 Å². The van der Waals surface area contributed by atoms with Crippen molar-refractivity contribution in [2.75, 3.05) is 12.4 Å². The van der Waals surface area contributed by atoms with Crippen molar-refractivity contribution >= 4 is 11.3 Å². The predicted molar refractivity (Wildman–Crippen MR) is 63.6 cm³/mol. The Hall–Kier alpha value is -1.58. The Morgan fingerprint density at radius 2 is 1.88 bits per heavy atom. The van der Waals surface area contributed by atoms with Crippen LogP contribution in [0.3, 0.4) is 0 Å². The maximum atomic E-state index is 13.4. The number of hydrogen-bond donors (Lipinski definition) is 2. The summed E-state index contributed by atoms with van der Waals surface area (Å²) in [6.07, 6.45) is 0. The van der Waals surface area contributed by atoms with E-state index in [9.17, 15) is 8.78 Å². The van der Waals surface area contributed by atoms with Crippen LogP contribution in [0.25, 0.3) is 5.57 Å². The maximum absolute atomic E-state index is 13.4. The van der Waals surface area contributed by atoms with Crippen LogP contribution < -0.4 is 5.32 Å². The zero-order valence-electron chi connectivity index (χ0n) is 9.99. The fourth-order valence-corrected chi connectivity index (χ4v) is 1.26. The highest BCUT2D eigenvalue weighted by molar-refractivity contribution is 5.76. The van der Waals surface area contributed by atoms with Gasteiger partial charge in [0.2, 0.25) is 0 Å². The van der Waals surface area contributed by atoms with E-state index in [1.54, 1.807) is 0 Å². The third-order valence-corrected chi connectivity index (χ3v) is 1.87. The highest BCUT2D eigenvalue weighted by Gasteiger charge is 2.17. The fourth-order valence-electron chi connectivity index (χ4n) is 1.26. The molecule has 1 rings (SSSR count). The number of nitrogens with one attached hydrogen (secondary N) is 1. The standard InChI is InChI=1S/C10H11F2NO.C2H6/c1-5(2)8-9(12)7(14)4-6(11)10(8)13-3;1-2/h4,13-14H,1H2,2-3H3;1-2H3. The molecule has 0 fully saturated rings. The van der Waals surface area contributed by atoms with E-state index in [2.05, 4.69) is 11.9 Å². The van der Waals surface area contributed by atoms with Gasteiger partial charge in [-0.05, 0) is 12.5 Å². The summed E-state index contributed by atoms with van der Waals surface area (Å²) in [6, 6.07) is 0.730. The molecule has 0 aliphatic carbocycles. The first kappa shape index (κ1) is 14.4. The van der Waals surface area contributed by atoms with Gasteiger partial charge < -0.3 is 10.4 Å². The zero-order chi connectivity index (χ0) is 12.9. The summed E-state index contributed by atoms with van der Waals surface area (Å²) in [5.41, 5.74) is 0.333. The Morgan fingerprint density at radius 1 is 1.38 bits per heavy atom. The molecule has 1 aromatic rings. The topological polar surface area (TPSA) is 32.3 Å². The maximum Gasteiger partial charge on any atom is 0.174 e. The van der Waals surface area contributed by atoms with Gasteiger partial charge in [-0.25, -0.2) is 8.78 Å². The van der Waals surface area contributed by atoms with Crippen molar-refractivity contribution in [2.24, 2.45) is 0 Å². The van der Waals surface area contributed by atoms with E-state index in [0.717, 1.165) is 6.07 Å². The van der Waals surface area contributed by atoms with E-state index in [1.165, 1.54) is 14.0 Å². The van der Waals surface area contributed by atoms with Crippen LogP contribution in [0, 0.1) is 11.6 Å². The molecule has 0 saturated carbocycles. The monoisotopic (exact) mass is 229 g/mol. The van der Waals surface area contributed by atoms with E-state index < -0.39 is 17.4 Å². The molecular formula is C12H17F2NO. The van der Waals surface area contributed by atoms with Crippen molar-refractivity contribution in [3.8, 4) is 5.75 Å².